The fourth-order valence-corrected chi connectivity index (χ4v) is 1.96. The van der Waals surface area contributed by atoms with Gasteiger partial charge in [0.25, 0.3) is 6.43 Å². The van der Waals surface area contributed by atoms with Crippen molar-refractivity contribution in [3.05, 3.63) is 0 Å². The summed E-state index contributed by atoms with van der Waals surface area (Å²) >= 11 is 0. The summed E-state index contributed by atoms with van der Waals surface area (Å²) in [5.41, 5.74) is 0. The number of alkyl halides is 2. The van der Waals surface area contributed by atoms with Crippen molar-refractivity contribution in [3.8, 4) is 0 Å². The molecule has 0 amide bonds. The number of likely N-dealkylation sites (N-methyl/N-ethyl adjacent to an activating group) is 1. The maximum absolute atomic E-state index is 11.8. The first kappa shape index (κ1) is 11.9. The third-order valence-electron chi connectivity index (χ3n) is 2.92. The van der Waals surface area contributed by atoms with E-state index in [1.165, 1.54) is 19.3 Å². The van der Waals surface area contributed by atoms with Crippen LogP contribution in [0.25, 0.3) is 0 Å². The Hall–Kier alpha value is -0.220. The van der Waals surface area contributed by atoms with Crippen molar-refractivity contribution in [2.24, 2.45) is 0 Å². The monoisotopic (exact) mass is 208 g/mol. The van der Waals surface area contributed by atoms with Crippen LogP contribution in [0.2, 0.25) is 0 Å². The smallest absolute Gasteiger partial charge is 0.261 e. The number of nitrogens with zero attached hydrogens (tertiary/aromatic N) is 1. The third kappa shape index (κ3) is 4.33. The first-order valence-electron chi connectivity index (χ1n) is 5.32. The van der Waals surface area contributed by atoms with Crippen molar-refractivity contribution < 1.29 is 18.0 Å². The number of quaternary nitrogens is 1. The van der Waals surface area contributed by atoms with Crippen LogP contribution >= 0.6 is 0 Å². The van der Waals surface area contributed by atoms with E-state index >= 15 is 0 Å². The number of hydrogen-bond acceptors (Lipinski definition) is 1. The zero-order chi connectivity index (χ0) is 10.4. The number of halogens is 2. The Kier molecular flexibility index (Phi) is 4.75. The van der Waals surface area contributed by atoms with Crippen molar-refractivity contribution in [1.82, 2.24) is 0 Å². The molecular formula is C10H20F2NO+. The van der Waals surface area contributed by atoms with Gasteiger partial charge in [0, 0.05) is 0 Å². The average Bonchev–Trinajstić information content (AvgIpc) is 2.14. The minimum absolute atomic E-state index is 0.417. The van der Waals surface area contributed by atoms with Crippen molar-refractivity contribution >= 4 is 0 Å². The molecule has 0 atom stereocenters. The van der Waals surface area contributed by atoms with Crippen LogP contribution in [-0.4, -0.2) is 50.8 Å². The number of ether oxygens (including phenoxy) is 1. The Morgan fingerprint density at radius 2 is 1.86 bits per heavy atom. The summed E-state index contributed by atoms with van der Waals surface area (Å²) in [4.78, 5) is 0. The summed E-state index contributed by atoms with van der Waals surface area (Å²) < 4.78 is 29.4. The lowest BCUT2D eigenvalue weighted by Gasteiger charge is -2.37. The van der Waals surface area contributed by atoms with Crippen molar-refractivity contribution in [2.45, 2.75) is 25.7 Å². The molecule has 0 aliphatic carbocycles. The molecule has 0 radical (unpaired) electrons. The normalized spacial score (nSPS) is 21.4. The molecule has 1 rings (SSSR count). The lowest BCUT2D eigenvalue weighted by molar-refractivity contribution is -0.914. The van der Waals surface area contributed by atoms with E-state index in [1.54, 1.807) is 0 Å². The standard InChI is InChI=1S/C10H20F2NO/c1-13(5-3-2-4-6-13)7-8-14-9-10(11)12/h10H,2-9H2,1H3/q+1. The summed E-state index contributed by atoms with van der Waals surface area (Å²) in [6.07, 6.45) is 1.49. The summed E-state index contributed by atoms with van der Waals surface area (Å²) in [5.74, 6) is 0. The molecule has 1 fully saturated rings. The molecule has 1 saturated heterocycles. The summed E-state index contributed by atoms with van der Waals surface area (Å²) in [6.45, 7) is 3.24. The molecule has 0 unspecified atom stereocenters. The second kappa shape index (κ2) is 5.61. The molecule has 1 aliphatic rings. The molecule has 0 saturated carbocycles. The van der Waals surface area contributed by atoms with Crippen molar-refractivity contribution in [2.75, 3.05) is 39.9 Å². The van der Waals surface area contributed by atoms with Crippen LogP contribution < -0.4 is 0 Å². The molecule has 0 aromatic rings. The lowest BCUT2D eigenvalue weighted by Crippen LogP contribution is -2.49. The number of rotatable bonds is 5. The first-order chi connectivity index (χ1) is 6.62. The Morgan fingerprint density at radius 3 is 2.43 bits per heavy atom. The van der Waals surface area contributed by atoms with Gasteiger partial charge >= 0.3 is 0 Å². The van der Waals surface area contributed by atoms with Crippen molar-refractivity contribution in [1.29, 1.82) is 0 Å². The fraction of sp³-hybridized carbons (Fsp3) is 1.00. The molecule has 1 aliphatic heterocycles. The van der Waals surface area contributed by atoms with E-state index in [4.69, 9.17) is 4.74 Å². The van der Waals surface area contributed by atoms with Gasteiger partial charge in [-0.25, -0.2) is 8.78 Å². The maximum Gasteiger partial charge on any atom is 0.261 e. The molecule has 2 nitrogen and oxygen atoms in total. The largest absolute Gasteiger partial charge is 0.370 e. The zero-order valence-electron chi connectivity index (χ0n) is 8.85. The molecule has 0 aromatic carbocycles. The predicted molar refractivity (Wildman–Crippen MR) is 51.5 cm³/mol. The van der Waals surface area contributed by atoms with Crippen LogP contribution in [-0.2, 0) is 4.74 Å². The van der Waals surface area contributed by atoms with Gasteiger partial charge in [-0.2, -0.15) is 0 Å². The third-order valence-corrected chi connectivity index (χ3v) is 2.92. The Morgan fingerprint density at radius 1 is 1.21 bits per heavy atom. The van der Waals surface area contributed by atoms with Gasteiger partial charge < -0.3 is 9.22 Å². The first-order valence-corrected chi connectivity index (χ1v) is 5.32. The lowest BCUT2D eigenvalue weighted by atomic mass is 10.1. The molecule has 4 heteroatoms. The highest BCUT2D eigenvalue weighted by atomic mass is 19.3. The quantitative estimate of drug-likeness (QED) is 0.495. The van der Waals surface area contributed by atoms with Gasteiger partial charge in [-0.3, -0.25) is 0 Å². The predicted octanol–water partition coefficient (Wildman–Crippen LogP) is 1.90. The van der Waals surface area contributed by atoms with Crippen LogP contribution in [0, 0.1) is 0 Å². The molecule has 14 heavy (non-hydrogen) atoms. The molecule has 0 aromatic heterocycles. The van der Waals surface area contributed by atoms with E-state index in [9.17, 15) is 8.78 Å². The van der Waals surface area contributed by atoms with Gasteiger partial charge in [0.15, 0.2) is 0 Å². The highest BCUT2D eigenvalue weighted by Gasteiger charge is 2.24. The maximum atomic E-state index is 11.8. The molecule has 84 valence electrons. The minimum Gasteiger partial charge on any atom is -0.370 e. The number of likely N-dealkylation sites (tertiary alicyclic amines) is 1. The van der Waals surface area contributed by atoms with E-state index in [0.29, 0.717) is 6.61 Å². The fourth-order valence-electron chi connectivity index (χ4n) is 1.96. The second-order valence-electron chi connectivity index (χ2n) is 4.32. The highest BCUT2D eigenvalue weighted by Crippen LogP contribution is 2.15. The van der Waals surface area contributed by atoms with Crippen LogP contribution in [0.15, 0.2) is 0 Å². The van der Waals surface area contributed by atoms with E-state index in [0.717, 1.165) is 24.1 Å². The topological polar surface area (TPSA) is 9.23 Å². The number of piperidine rings is 1. The van der Waals surface area contributed by atoms with Gasteiger partial charge in [-0.15, -0.1) is 0 Å². The van der Waals surface area contributed by atoms with E-state index in [-0.39, 0.29) is 0 Å². The number of hydrogen-bond donors (Lipinski definition) is 0. The van der Waals surface area contributed by atoms with E-state index < -0.39 is 13.0 Å². The second-order valence-corrected chi connectivity index (χ2v) is 4.32. The van der Waals surface area contributed by atoms with E-state index in [2.05, 4.69) is 7.05 Å². The Labute approximate surface area is 84.4 Å². The van der Waals surface area contributed by atoms with Gasteiger partial charge in [-0.05, 0) is 19.3 Å². The molecule has 1 heterocycles. The molecule has 0 N–H and O–H groups in total. The van der Waals surface area contributed by atoms with Gasteiger partial charge in [0.05, 0.1) is 26.7 Å². The molecular weight excluding hydrogens is 188 g/mol. The van der Waals surface area contributed by atoms with Crippen molar-refractivity contribution in [3.63, 3.8) is 0 Å². The summed E-state index contributed by atoms with van der Waals surface area (Å²) in [5, 5.41) is 0. The van der Waals surface area contributed by atoms with Gasteiger partial charge in [0.1, 0.15) is 13.2 Å². The Balaban J connectivity index is 2.09. The van der Waals surface area contributed by atoms with Gasteiger partial charge in [0.2, 0.25) is 0 Å². The van der Waals surface area contributed by atoms with Crippen LogP contribution in [0.1, 0.15) is 19.3 Å². The van der Waals surface area contributed by atoms with Gasteiger partial charge in [-0.1, -0.05) is 0 Å². The minimum atomic E-state index is -2.33. The summed E-state index contributed by atoms with van der Waals surface area (Å²) in [7, 11) is 2.19. The van der Waals surface area contributed by atoms with Crippen LogP contribution in [0.4, 0.5) is 8.78 Å². The Bertz CT molecular complexity index is 158. The molecule has 0 spiro atoms. The highest BCUT2D eigenvalue weighted by molar-refractivity contribution is 4.51. The average molecular weight is 208 g/mol. The zero-order valence-corrected chi connectivity index (χ0v) is 8.85. The van der Waals surface area contributed by atoms with Crippen LogP contribution in [0.5, 0.6) is 0 Å². The van der Waals surface area contributed by atoms with Crippen LogP contribution in [0.3, 0.4) is 0 Å². The van der Waals surface area contributed by atoms with E-state index in [1.807, 2.05) is 0 Å². The SMILES string of the molecule is C[N+]1(CCOCC(F)F)CCCCC1. The molecule has 0 bridgehead atoms. The summed E-state index contributed by atoms with van der Waals surface area (Å²) in [6, 6.07) is 0.